The molecular formula is C16H22Ni. The van der Waals surface area contributed by atoms with E-state index in [9.17, 15) is 0 Å². The number of hydrogen-bond donors (Lipinski definition) is 0. The molecule has 0 nitrogen and oxygen atoms in total. The molecule has 0 atom stereocenters. The zero-order valence-corrected chi connectivity index (χ0v) is 11.4. The zero-order valence-electron chi connectivity index (χ0n) is 10.4. The van der Waals surface area contributed by atoms with Crippen LogP contribution in [0.25, 0.3) is 0 Å². The molecule has 0 aromatic carbocycles. The van der Waals surface area contributed by atoms with Crippen molar-refractivity contribution in [1.82, 2.24) is 0 Å². The second kappa shape index (κ2) is 7.72. The molecule has 0 aliphatic heterocycles. The molecule has 0 unspecified atom stereocenters. The summed E-state index contributed by atoms with van der Waals surface area (Å²) in [6.07, 6.45) is 24.0. The molecule has 2 aliphatic rings. The van der Waals surface area contributed by atoms with Crippen molar-refractivity contribution in [2.24, 2.45) is 0 Å². The first-order chi connectivity index (χ1) is 8.45. The molecule has 96 valence electrons. The standard InChI is InChI=1S/2C8H11.Ni/c2*1-2-4-6-8-7-5-3-1;/h2*1-2,7H,3-6H2;/b2*2-1-,8-7?;. The van der Waals surface area contributed by atoms with Crippen LogP contribution in [0.4, 0.5) is 0 Å². The number of hydrogen-bond acceptors (Lipinski definition) is 0. The molecule has 0 radical (unpaired) electrons. The third kappa shape index (κ3) is 5.08. The van der Waals surface area contributed by atoms with Crippen LogP contribution in [0.15, 0.2) is 45.5 Å². The SMILES string of the molecule is C1=C\CC/[C]([Ni]/[C]2=C/CC/C=C\CC2)=C\CC/1. The van der Waals surface area contributed by atoms with E-state index in [-0.39, 0.29) is 0 Å². The summed E-state index contributed by atoms with van der Waals surface area (Å²) in [5.41, 5.74) is 0. The Labute approximate surface area is 111 Å². The summed E-state index contributed by atoms with van der Waals surface area (Å²) in [5, 5.41) is 0. The van der Waals surface area contributed by atoms with E-state index >= 15 is 0 Å². The average molecular weight is 273 g/mol. The van der Waals surface area contributed by atoms with Gasteiger partial charge in [-0.05, 0) is 0 Å². The molecule has 0 aromatic heterocycles. The Kier molecular flexibility index (Phi) is 5.86. The van der Waals surface area contributed by atoms with Gasteiger partial charge in [0.15, 0.2) is 0 Å². The van der Waals surface area contributed by atoms with E-state index in [4.69, 9.17) is 0 Å². The van der Waals surface area contributed by atoms with Gasteiger partial charge in [0.25, 0.3) is 0 Å². The van der Waals surface area contributed by atoms with E-state index in [1.165, 1.54) is 51.4 Å². The van der Waals surface area contributed by atoms with Gasteiger partial charge in [-0.1, -0.05) is 0 Å². The van der Waals surface area contributed by atoms with Crippen LogP contribution in [-0.2, 0) is 14.4 Å². The molecule has 2 rings (SSSR count). The number of allylic oxidation sites excluding steroid dienone is 8. The topological polar surface area (TPSA) is 0 Å². The van der Waals surface area contributed by atoms with Gasteiger partial charge in [-0.25, -0.2) is 0 Å². The third-order valence-electron chi connectivity index (χ3n) is 2.98. The van der Waals surface area contributed by atoms with Gasteiger partial charge in [0.05, 0.1) is 0 Å². The Morgan fingerprint density at radius 3 is 1.59 bits per heavy atom. The molecule has 0 bridgehead atoms. The van der Waals surface area contributed by atoms with Crippen LogP contribution in [0.1, 0.15) is 51.4 Å². The molecule has 0 spiro atoms. The fourth-order valence-electron chi connectivity index (χ4n) is 2.03. The van der Waals surface area contributed by atoms with Crippen molar-refractivity contribution in [2.45, 2.75) is 51.4 Å². The monoisotopic (exact) mass is 272 g/mol. The van der Waals surface area contributed by atoms with Crippen LogP contribution in [0.3, 0.4) is 0 Å². The molecule has 2 aliphatic carbocycles. The minimum atomic E-state index is 1.22. The molecule has 1 heteroatoms. The zero-order chi connectivity index (χ0) is 11.8. The summed E-state index contributed by atoms with van der Waals surface area (Å²) in [6, 6.07) is 0. The predicted molar refractivity (Wildman–Crippen MR) is 71.4 cm³/mol. The number of rotatable bonds is 2. The molecule has 17 heavy (non-hydrogen) atoms. The van der Waals surface area contributed by atoms with Crippen molar-refractivity contribution in [1.29, 1.82) is 0 Å². The van der Waals surface area contributed by atoms with Gasteiger partial charge in [-0.3, -0.25) is 0 Å². The molecule has 0 heterocycles. The Balaban J connectivity index is 1.89. The van der Waals surface area contributed by atoms with Crippen LogP contribution in [0.5, 0.6) is 0 Å². The summed E-state index contributed by atoms with van der Waals surface area (Å²) in [5.74, 6) is 0. The van der Waals surface area contributed by atoms with E-state index < -0.39 is 0 Å². The Hall–Kier alpha value is -0.546. The van der Waals surface area contributed by atoms with E-state index in [1.54, 1.807) is 9.09 Å². The van der Waals surface area contributed by atoms with Crippen molar-refractivity contribution in [2.75, 3.05) is 0 Å². The normalized spacial score (nSPS) is 32.0. The van der Waals surface area contributed by atoms with Gasteiger partial charge < -0.3 is 0 Å². The minimum absolute atomic E-state index is 1.22. The van der Waals surface area contributed by atoms with E-state index in [1.807, 2.05) is 14.4 Å². The van der Waals surface area contributed by atoms with Crippen molar-refractivity contribution in [3.63, 3.8) is 0 Å². The van der Waals surface area contributed by atoms with Crippen molar-refractivity contribution >= 4 is 0 Å². The first kappa shape index (κ1) is 12.9. The first-order valence-electron chi connectivity index (χ1n) is 6.72. The fraction of sp³-hybridized carbons (Fsp3) is 0.500. The van der Waals surface area contributed by atoms with E-state index in [2.05, 4.69) is 36.5 Å². The Morgan fingerprint density at radius 1 is 0.588 bits per heavy atom. The van der Waals surface area contributed by atoms with Gasteiger partial charge in [0.2, 0.25) is 0 Å². The van der Waals surface area contributed by atoms with Crippen molar-refractivity contribution in [3.8, 4) is 0 Å². The van der Waals surface area contributed by atoms with E-state index in [0.29, 0.717) is 0 Å². The average Bonchev–Trinajstić information content (AvgIpc) is 2.24. The second-order valence-electron chi connectivity index (χ2n) is 4.48. The fourth-order valence-corrected chi connectivity index (χ4v) is 3.45. The molecule has 0 fully saturated rings. The van der Waals surface area contributed by atoms with Crippen LogP contribution in [-0.4, -0.2) is 0 Å². The Bertz CT molecular complexity index is 311. The van der Waals surface area contributed by atoms with Gasteiger partial charge in [0.1, 0.15) is 0 Å². The Morgan fingerprint density at radius 2 is 1.06 bits per heavy atom. The van der Waals surface area contributed by atoms with E-state index in [0.717, 1.165) is 0 Å². The van der Waals surface area contributed by atoms with Crippen molar-refractivity contribution in [3.05, 3.63) is 45.5 Å². The third-order valence-corrected chi connectivity index (χ3v) is 4.51. The maximum absolute atomic E-state index is 2.46. The van der Waals surface area contributed by atoms with Crippen molar-refractivity contribution < 1.29 is 14.4 Å². The summed E-state index contributed by atoms with van der Waals surface area (Å²) in [7, 11) is 0. The molecule has 0 saturated carbocycles. The molecule has 0 amide bonds. The summed E-state index contributed by atoms with van der Waals surface area (Å²) < 4.78 is 3.22. The van der Waals surface area contributed by atoms with Gasteiger partial charge in [-0.2, -0.15) is 0 Å². The van der Waals surface area contributed by atoms with Gasteiger partial charge in [-0.15, -0.1) is 0 Å². The quantitative estimate of drug-likeness (QED) is 0.485. The van der Waals surface area contributed by atoms with Crippen LogP contribution < -0.4 is 0 Å². The molecular weight excluding hydrogens is 251 g/mol. The summed E-state index contributed by atoms with van der Waals surface area (Å²) >= 11 is 1.84. The first-order valence-corrected chi connectivity index (χ1v) is 7.70. The molecule has 0 saturated heterocycles. The second-order valence-corrected chi connectivity index (χ2v) is 5.99. The predicted octanol–water partition coefficient (Wildman–Crippen LogP) is 5.10. The van der Waals surface area contributed by atoms with Crippen LogP contribution in [0.2, 0.25) is 0 Å². The molecule has 0 N–H and O–H groups in total. The molecule has 0 aromatic rings. The van der Waals surface area contributed by atoms with Crippen LogP contribution >= 0.6 is 0 Å². The van der Waals surface area contributed by atoms with Crippen LogP contribution in [0, 0.1) is 0 Å². The summed E-state index contributed by atoms with van der Waals surface area (Å²) in [4.78, 5) is 0. The maximum atomic E-state index is 2.46. The van der Waals surface area contributed by atoms with Gasteiger partial charge >= 0.3 is 111 Å². The summed E-state index contributed by atoms with van der Waals surface area (Å²) in [6.45, 7) is 0. The van der Waals surface area contributed by atoms with Gasteiger partial charge in [0, 0.05) is 0 Å².